The number of pyridine rings is 2. The van der Waals surface area contributed by atoms with Crippen molar-refractivity contribution in [3.05, 3.63) is 47.9 Å². The Labute approximate surface area is 185 Å². The number of nitrogens with two attached hydrogens (primary N) is 1. The molecule has 0 aliphatic carbocycles. The molecule has 0 aromatic carbocycles. The first-order chi connectivity index (χ1) is 15.0. The molecule has 0 bridgehead atoms. The average molecular weight is 461 g/mol. The van der Waals surface area contributed by atoms with Gasteiger partial charge in [0, 0.05) is 18.9 Å². The van der Waals surface area contributed by atoms with Gasteiger partial charge < -0.3 is 16.0 Å². The largest absolute Gasteiger partial charge is 0.366 e. The fraction of sp³-hybridized carbons (Fsp3) is 0.350. The van der Waals surface area contributed by atoms with Gasteiger partial charge >= 0.3 is 11.8 Å². The Bertz CT molecular complexity index is 1140. The third kappa shape index (κ3) is 5.78. The number of primary amides is 1. The Balaban J connectivity index is 1.78. The molecule has 1 aliphatic rings. The van der Waals surface area contributed by atoms with Gasteiger partial charge in [0.1, 0.15) is 5.82 Å². The van der Waals surface area contributed by atoms with Crippen LogP contribution in [0.5, 0.6) is 0 Å². The van der Waals surface area contributed by atoms with Crippen molar-refractivity contribution in [2.75, 3.05) is 22.8 Å². The molecule has 32 heavy (non-hydrogen) atoms. The summed E-state index contributed by atoms with van der Waals surface area (Å²) in [7, 11) is -3.46. The minimum absolute atomic E-state index is 0.105. The number of nitrogens with one attached hydrogen (secondary N) is 2. The van der Waals surface area contributed by atoms with Crippen LogP contribution in [0.15, 0.2) is 36.8 Å². The second kappa shape index (κ2) is 9.30. The number of aromatic nitrogens is 2. The highest BCUT2D eigenvalue weighted by Crippen LogP contribution is 2.33. The lowest BCUT2D eigenvalue weighted by Crippen LogP contribution is -2.46. The summed E-state index contributed by atoms with van der Waals surface area (Å²) in [5.41, 5.74) is 6.20. The third-order valence-corrected chi connectivity index (χ3v) is 5.59. The molecule has 0 radical (unpaired) electrons. The van der Waals surface area contributed by atoms with Gasteiger partial charge in [0.2, 0.25) is 15.9 Å². The number of carbonyl (C=O) groups is 3. The molecule has 2 aromatic heterocycles. The Morgan fingerprint density at radius 2 is 1.91 bits per heavy atom. The Morgan fingerprint density at radius 1 is 1.16 bits per heavy atom. The normalized spacial score (nSPS) is 18.6. The fourth-order valence-corrected chi connectivity index (χ4v) is 4.04. The van der Waals surface area contributed by atoms with Gasteiger partial charge in [0.05, 0.1) is 29.7 Å². The minimum atomic E-state index is -3.46. The van der Waals surface area contributed by atoms with Crippen molar-refractivity contribution >= 4 is 39.3 Å². The highest BCUT2D eigenvalue weighted by molar-refractivity contribution is 7.92. The van der Waals surface area contributed by atoms with Gasteiger partial charge in [0.15, 0.2) is 0 Å². The van der Waals surface area contributed by atoms with Crippen LogP contribution in [-0.4, -0.2) is 53.8 Å². The van der Waals surface area contributed by atoms with E-state index in [1.165, 1.54) is 35.6 Å². The van der Waals surface area contributed by atoms with Crippen LogP contribution in [0.3, 0.4) is 0 Å². The van der Waals surface area contributed by atoms with E-state index in [2.05, 4.69) is 20.0 Å². The third-order valence-electron chi connectivity index (χ3n) is 5.01. The molecule has 11 nitrogen and oxygen atoms in total. The first-order valence-electron chi connectivity index (χ1n) is 9.84. The molecule has 170 valence electrons. The Hall–Kier alpha value is -3.54. The maximum atomic E-state index is 13.0. The number of amides is 3. The first-order valence-corrected chi connectivity index (χ1v) is 11.7. The molecular formula is C20H24N6O5S. The summed E-state index contributed by atoms with van der Waals surface area (Å²) in [5.74, 6) is -1.94. The number of nitrogens with zero attached hydrogens (tertiary/aromatic N) is 3. The molecule has 0 unspecified atom stereocenters. The van der Waals surface area contributed by atoms with Crippen LogP contribution in [0, 0.1) is 5.92 Å². The summed E-state index contributed by atoms with van der Waals surface area (Å²) >= 11 is 0. The summed E-state index contributed by atoms with van der Waals surface area (Å²) in [6.07, 6.45) is 6.57. The predicted octanol–water partition coefficient (Wildman–Crippen LogP) is 0.885. The van der Waals surface area contributed by atoms with Gasteiger partial charge in [-0.2, -0.15) is 0 Å². The maximum Gasteiger partial charge on any atom is 0.313 e. The van der Waals surface area contributed by atoms with Crippen LogP contribution < -0.4 is 15.8 Å². The molecule has 12 heteroatoms. The molecule has 2 atom stereocenters. The van der Waals surface area contributed by atoms with Crippen LogP contribution >= 0.6 is 0 Å². The number of sulfonamides is 1. The van der Waals surface area contributed by atoms with Gasteiger partial charge in [0.25, 0.3) is 0 Å². The summed E-state index contributed by atoms with van der Waals surface area (Å²) in [6, 6.07) is 4.14. The molecule has 0 spiro atoms. The van der Waals surface area contributed by atoms with E-state index in [9.17, 15) is 22.8 Å². The van der Waals surface area contributed by atoms with E-state index in [-0.39, 0.29) is 29.0 Å². The molecule has 3 heterocycles. The van der Waals surface area contributed by atoms with Gasteiger partial charge in [-0.1, -0.05) is 13.0 Å². The van der Waals surface area contributed by atoms with Crippen molar-refractivity contribution < 1.29 is 22.8 Å². The molecule has 1 aliphatic heterocycles. The Kier molecular flexibility index (Phi) is 6.72. The van der Waals surface area contributed by atoms with Crippen LogP contribution in [0.1, 0.15) is 41.7 Å². The van der Waals surface area contributed by atoms with E-state index in [1.54, 1.807) is 6.07 Å². The zero-order valence-electron chi connectivity index (χ0n) is 17.6. The van der Waals surface area contributed by atoms with E-state index in [0.717, 1.165) is 12.7 Å². The van der Waals surface area contributed by atoms with Crippen molar-refractivity contribution in [1.29, 1.82) is 0 Å². The van der Waals surface area contributed by atoms with E-state index in [4.69, 9.17) is 5.73 Å². The number of carbonyl (C=O) groups excluding carboxylic acids is 3. The van der Waals surface area contributed by atoms with E-state index in [0.29, 0.717) is 18.5 Å². The standard InChI is InChI=1S/C20H24N6O5S/c1-12-3-5-16(13-4-6-17(23-9-13)25-32(2,30)31)26(11-12)20(29)19(28)24-15-7-14(18(21)27)8-22-10-15/h4,6-10,12,16H,3,5,11H2,1-2H3,(H2,21,27)(H,23,25)(H,24,28)/t12-,16+/m0/s1. The predicted molar refractivity (Wildman–Crippen MR) is 117 cm³/mol. The second-order valence-corrected chi connectivity index (χ2v) is 9.54. The van der Waals surface area contributed by atoms with Crippen molar-refractivity contribution in [2.24, 2.45) is 11.7 Å². The number of anilines is 2. The molecular weight excluding hydrogens is 436 g/mol. The summed E-state index contributed by atoms with van der Waals surface area (Å²) < 4.78 is 25.0. The average Bonchev–Trinajstić information content (AvgIpc) is 2.73. The Morgan fingerprint density at radius 3 is 2.53 bits per heavy atom. The summed E-state index contributed by atoms with van der Waals surface area (Å²) in [5, 5.41) is 2.46. The molecule has 3 rings (SSSR count). The van der Waals surface area contributed by atoms with E-state index in [1.807, 2.05) is 6.92 Å². The molecule has 0 saturated carbocycles. The minimum Gasteiger partial charge on any atom is -0.366 e. The quantitative estimate of drug-likeness (QED) is 0.557. The lowest BCUT2D eigenvalue weighted by Gasteiger charge is -2.38. The van der Waals surface area contributed by atoms with E-state index < -0.39 is 27.7 Å². The highest BCUT2D eigenvalue weighted by Gasteiger charge is 2.34. The number of rotatable bonds is 5. The topological polar surface area (TPSA) is 164 Å². The molecule has 1 saturated heterocycles. The monoisotopic (exact) mass is 460 g/mol. The lowest BCUT2D eigenvalue weighted by molar-refractivity contribution is -0.146. The van der Waals surface area contributed by atoms with Crippen molar-refractivity contribution in [1.82, 2.24) is 14.9 Å². The van der Waals surface area contributed by atoms with Crippen LogP contribution in [0.4, 0.5) is 11.5 Å². The van der Waals surface area contributed by atoms with Crippen LogP contribution in [-0.2, 0) is 19.6 Å². The zero-order chi connectivity index (χ0) is 23.5. The second-order valence-electron chi connectivity index (χ2n) is 7.79. The summed E-state index contributed by atoms with van der Waals surface area (Å²) in [4.78, 5) is 46.4. The lowest BCUT2D eigenvalue weighted by atomic mass is 9.90. The van der Waals surface area contributed by atoms with Gasteiger partial charge in [-0.3, -0.25) is 24.1 Å². The smallest absolute Gasteiger partial charge is 0.313 e. The van der Waals surface area contributed by atoms with Crippen molar-refractivity contribution in [3.63, 3.8) is 0 Å². The number of likely N-dealkylation sites (tertiary alicyclic amines) is 1. The first kappa shape index (κ1) is 23.1. The fourth-order valence-electron chi connectivity index (χ4n) is 3.53. The SMILES string of the molecule is C[C@H]1CC[C@H](c2ccc(NS(C)(=O)=O)nc2)N(C(=O)C(=O)Nc2cncc(C(N)=O)c2)C1. The van der Waals surface area contributed by atoms with Gasteiger partial charge in [-0.05, 0) is 36.5 Å². The number of hydrogen-bond donors (Lipinski definition) is 3. The van der Waals surface area contributed by atoms with Crippen LogP contribution in [0.25, 0.3) is 0 Å². The number of piperidine rings is 1. The van der Waals surface area contributed by atoms with Gasteiger partial charge in [-0.25, -0.2) is 13.4 Å². The zero-order valence-corrected chi connectivity index (χ0v) is 18.4. The molecule has 2 aromatic rings. The molecule has 3 amide bonds. The van der Waals surface area contributed by atoms with E-state index >= 15 is 0 Å². The highest BCUT2D eigenvalue weighted by atomic mass is 32.2. The van der Waals surface area contributed by atoms with Crippen molar-refractivity contribution in [2.45, 2.75) is 25.8 Å². The van der Waals surface area contributed by atoms with Crippen LogP contribution in [0.2, 0.25) is 0 Å². The maximum absolute atomic E-state index is 13.0. The van der Waals surface area contributed by atoms with Gasteiger partial charge in [-0.15, -0.1) is 0 Å². The molecule has 4 N–H and O–H groups in total. The van der Waals surface area contributed by atoms with Crippen molar-refractivity contribution in [3.8, 4) is 0 Å². The summed E-state index contributed by atoms with van der Waals surface area (Å²) in [6.45, 7) is 2.37. The number of hydrogen-bond acceptors (Lipinski definition) is 7. The molecule has 1 fully saturated rings.